The van der Waals surface area contributed by atoms with Crippen LogP contribution in [0.2, 0.25) is 0 Å². The maximum atomic E-state index is 12.2. The molecule has 0 aliphatic rings. The summed E-state index contributed by atoms with van der Waals surface area (Å²) in [4.78, 5) is 0.227. The highest BCUT2D eigenvalue weighted by Crippen LogP contribution is 2.16. The Kier molecular flexibility index (Phi) is 6.01. The lowest BCUT2D eigenvalue weighted by atomic mass is 10.1. The van der Waals surface area contributed by atoms with Crippen LogP contribution in [-0.2, 0) is 16.4 Å². The molecule has 0 aliphatic heterocycles. The Balaban J connectivity index is 1.84. The molecular weight excluding hydrogens is 314 g/mol. The first kappa shape index (κ1) is 17.3. The molecule has 0 radical (unpaired) electrons. The molecule has 0 amide bonds. The van der Waals surface area contributed by atoms with E-state index in [2.05, 4.69) is 4.72 Å². The molecule has 2 aromatic carbocycles. The van der Waals surface area contributed by atoms with E-state index in [1.54, 1.807) is 24.3 Å². The van der Waals surface area contributed by atoms with Crippen molar-refractivity contribution in [2.24, 2.45) is 0 Å². The summed E-state index contributed by atoms with van der Waals surface area (Å²) >= 11 is 0. The average molecular weight is 335 g/mol. The molecule has 0 saturated heterocycles. The quantitative estimate of drug-likeness (QED) is 0.727. The molecule has 6 heteroatoms. The van der Waals surface area contributed by atoms with Crippen LogP contribution >= 0.6 is 0 Å². The zero-order valence-electron chi connectivity index (χ0n) is 13.0. The molecule has 2 rings (SSSR count). The molecule has 23 heavy (non-hydrogen) atoms. The maximum absolute atomic E-state index is 12.2. The number of ether oxygens (including phenoxy) is 1. The third-order valence-corrected chi connectivity index (χ3v) is 4.79. The van der Waals surface area contributed by atoms with Crippen LogP contribution in [0, 0.1) is 0 Å². The first-order chi connectivity index (χ1) is 11.0. The van der Waals surface area contributed by atoms with E-state index in [-0.39, 0.29) is 10.6 Å². The second-order valence-corrected chi connectivity index (χ2v) is 6.84. The monoisotopic (exact) mass is 335 g/mol. The second kappa shape index (κ2) is 7.99. The molecule has 0 saturated carbocycles. The van der Waals surface area contributed by atoms with Crippen molar-refractivity contribution in [1.82, 2.24) is 4.72 Å². The third-order valence-electron chi connectivity index (χ3n) is 3.32. The zero-order chi connectivity index (χ0) is 16.7. The molecule has 0 bridgehead atoms. The van der Waals surface area contributed by atoms with Crippen LogP contribution < -0.4 is 9.46 Å². The van der Waals surface area contributed by atoms with E-state index in [1.165, 1.54) is 12.1 Å². The summed E-state index contributed by atoms with van der Waals surface area (Å²) in [6, 6.07) is 13.3. The molecular formula is C17H21NO4S. The van der Waals surface area contributed by atoms with Gasteiger partial charge in [-0.1, -0.05) is 12.1 Å². The van der Waals surface area contributed by atoms with Gasteiger partial charge in [0.05, 0.1) is 11.5 Å². The van der Waals surface area contributed by atoms with Gasteiger partial charge in [0, 0.05) is 6.54 Å². The smallest absolute Gasteiger partial charge is 0.240 e. The number of sulfonamides is 1. The fourth-order valence-corrected chi connectivity index (χ4v) is 3.20. The van der Waals surface area contributed by atoms with Crippen LogP contribution in [0.5, 0.6) is 11.5 Å². The van der Waals surface area contributed by atoms with Gasteiger partial charge in [-0.25, -0.2) is 13.1 Å². The van der Waals surface area contributed by atoms with Gasteiger partial charge in [0.1, 0.15) is 11.5 Å². The zero-order valence-corrected chi connectivity index (χ0v) is 13.8. The van der Waals surface area contributed by atoms with Crippen LogP contribution in [0.4, 0.5) is 0 Å². The molecule has 0 heterocycles. The minimum Gasteiger partial charge on any atom is -0.508 e. The molecule has 2 N–H and O–H groups in total. The normalized spacial score (nSPS) is 11.3. The molecule has 0 unspecified atom stereocenters. The van der Waals surface area contributed by atoms with Gasteiger partial charge in [0.15, 0.2) is 0 Å². The van der Waals surface area contributed by atoms with E-state index in [0.717, 1.165) is 12.0 Å². The summed E-state index contributed by atoms with van der Waals surface area (Å²) in [5.41, 5.74) is 1.06. The molecule has 124 valence electrons. The van der Waals surface area contributed by atoms with Crippen molar-refractivity contribution in [2.75, 3.05) is 13.2 Å². The first-order valence-corrected chi connectivity index (χ1v) is 9.00. The van der Waals surface area contributed by atoms with Gasteiger partial charge < -0.3 is 9.84 Å². The van der Waals surface area contributed by atoms with Crippen molar-refractivity contribution in [2.45, 2.75) is 24.7 Å². The van der Waals surface area contributed by atoms with E-state index in [1.807, 2.05) is 19.1 Å². The summed E-state index contributed by atoms with van der Waals surface area (Å²) in [6.07, 6.45) is 1.42. The molecule has 0 spiro atoms. The van der Waals surface area contributed by atoms with Crippen molar-refractivity contribution < 1.29 is 18.3 Å². The van der Waals surface area contributed by atoms with Crippen LogP contribution in [0.25, 0.3) is 0 Å². The first-order valence-electron chi connectivity index (χ1n) is 7.51. The highest BCUT2D eigenvalue weighted by atomic mass is 32.2. The predicted molar refractivity (Wildman–Crippen MR) is 89.2 cm³/mol. The molecule has 5 nitrogen and oxygen atoms in total. The lowest BCUT2D eigenvalue weighted by molar-refractivity contribution is 0.340. The highest BCUT2D eigenvalue weighted by molar-refractivity contribution is 7.89. The van der Waals surface area contributed by atoms with E-state index in [4.69, 9.17) is 4.74 Å². The van der Waals surface area contributed by atoms with Crippen LogP contribution in [-0.4, -0.2) is 26.7 Å². The fraction of sp³-hybridized carbons (Fsp3) is 0.294. The number of benzene rings is 2. The van der Waals surface area contributed by atoms with Crippen molar-refractivity contribution in [1.29, 1.82) is 0 Å². The van der Waals surface area contributed by atoms with Gasteiger partial charge in [-0.3, -0.25) is 0 Å². The van der Waals surface area contributed by atoms with E-state index < -0.39 is 10.0 Å². The number of aromatic hydroxyl groups is 1. The summed E-state index contributed by atoms with van der Waals surface area (Å²) in [6.45, 7) is 2.78. The number of nitrogens with one attached hydrogen (secondary N) is 1. The summed E-state index contributed by atoms with van der Waals surface area (Å²) in [5.74, 6) is 0.878. The van der Waals surface area contributed by atoms with E-state index in [0.29, 0.717) is 25.3 Å². The fourth-order valence-electron chi connectivity index (χ4n) is 2.13. The topological polar surface area (TPSA) is 75.6 Å². The van der Waals surface area contributed by atoms with Crippen molar-refractivity contribution in [3.8, 4) is 11.5 Å². The maximum Gasteiger partial charge on any atom is 0.240 e. The lowest BCUT2D eigenvalue weighted by Gasteiger charge is -2.08. The Morgan fingerprint density at radius 1 is 1.04 bits per heavy atom. The van der Waals surface area contributed by atoms with Crippen molar-refractivity contribution in [3.05, 3.63) is 54.1 Å². The highest BCUT2D eigenvalue weighted by Gasteiger charge is 2.13. The summed E-state index contributed by atoms with van der Waals surface area (Å²) in [7, 11) is -3.50. The van der Waals surface area contributed by atoms with Crippen LogP contribution in [0.3, 0.4) is 0 Å². The molecule has 0 atom stereocenters. The number of rotatable bonds is 8. The molecule has 0 aliphatic carbocycles. The van der Waals surface area contributed by atoms with Gasteiger partial charge in [-0.2, -0.15) is 0 Å². The second-order valence-electron chi connectivity index (χ2n) is 5.07. The number of aryl methyl sites for hydroxylation is 1. The number of phenols is 1. The van der Waals surface area contributed by atoms with Crippen molar-refractivity contribution in [3.63, 3.8) is 0 Å². The van der Waals surface area contributed by atoms with Crippen molar-refractivity contribution >= 4 is 10.0 Å². The lowest BCUT2D eigenvalue weighted by Crippen LogP contribution is -2.25. The molecule has 2 aromatic rings. The van der Waals surface area contributed by atoms with Crippen LogP contribution in [0.1, 0.15) is 18.9 Å². The van der Waals surface area contributed by atoms with Crippen LogP contribution in [0.15, 0.2) is 53.4 Å². The number of hydrogen-bond acceptors (Lipinski definition) is 4. The molecule has 0 aromatic heterocycles. The Morgan fingerprint density at radius 3 is 2.30 bits per heavy atom. The van der Waals surface area contributed by atoms with Gasteiger partial charge in [0.2, 0.25) is 10.0 Å². The minimum absolute atomic E-state index is 0.227. The molecule has 0 fully saturated rings. The van der Waals surface area contributed by atoms with Gasteiger partial charge >= 0.3 is 0 Å². The van der Waals surface area contributed by atoms with E-state index >= 15 is 0 Å². The number of hydrogen-bond donors (Lipinski definition) is 2. The summed E-state index contributed by atoms with van der Waals surface area (Å²) < 4.78 is 32.2. The number of phenolic OH excluding ortho intramolecular Hbond substituents is 1. The Morgan fingerprint density at radius 2 is 1.70 bits per heavy atom. The average Bonchev–Trinajstić information content (AvgIpc) is 2.54. The van der Waals surface area contributed by atoms with Gasteiger partial charge in [-0.05, 0) is 61.7 Å². The van der Waals surface area contributed by atoms with E-state index in [9.17, 15) is 13.5 Å². The third kappa shape index (κ3) is 5.26. The largest absolute Gasteiger partial charge is 0.508 e. The Bertz CT molecular complexity index is 709. The predicted octanol–water partition coefficient (Wildman–Crippen LogP) is 2.70. The summed E-state index contributed by atoms with van der Waals surface area (Å²) in [5, 5.41) is 9.21. The SMILES string of the molecule is CCOc1ccc(S(=O)(=O)NCCCc2ccc(O)cc2)cc1. The van der Waals surface area contributed by atoms with Gasteiger partial charge in [0.25, 0.3) is 0 Å². The Hall–Kier alpha value is -2.05. The minimum atomic E-state index is -3.50. The van der Waals surface area contributed by atoms with Gasteiger partial charge in [-0.15, -0.1) is 0 Å². The standard InChI is InChI=1S/C17H21NO4S/c1-2-22-16-9-11-17(12-10-16)23(20,21)18-13-3-4-14-5-7-15(19)8-6-14/h5-12,18-19H,2-4,13H2,1H3. The Labute approximate surface area is 137 Å².